The Kier molecular flexibility index (Phi) is 4.51. The van der Waals surface area contributed by atoms with Gasteiger partial charge in [0, 0.05) is 20.6 Å². The Morgan fingerprint density at radius 3 is 2.71 bits per heavy atom. The molecule has 0 radical (unpaired) electrons. The second kappa shape index (κ2) is 6.17. The maximum atomic E-state index is 12.0. The Balaban J connectivity index is 2.26. The lowest BCUT2D eigenvalue weighted by molar-refractivity contribution is -0.118. The fourth-order valence-corrected chi connectivity index (χ4v) is 2.52. The summed E-state index contributed by atoms with van der Waals surface area (Å²) in [6.07, 6.45) is 0.874. The Bertz CT molecular complexity index is 789. The Morgan fingerprint density at radius 2 is 2.05 bits per heavy atom. The van der Waals surface area contributed by atoms with E-state index in [9.17, 15) is 14.4 Å². The minimum Gasteiger partial charge on any atom is -0.355 e. The van der Waals surface area contributed by atoms with E-state index in [0.29, 0.717) is 17.3 Å². The van der Waals surface area contributed by atoms with Crippen LogP contribution in [0.2, 0.25) is 0 Å². The normalized spacial score (nSPS) is 11.0. The van der Waals surface area contributed by atoms with Crippen molar-refractivity contribution < 1.29 is 4.79 Å². The predicted molar refractivity (Wildman–Crippen MR) is 80.6 cm³/mol. The monoisotopic (exact) mass is 311 g/mol. The lowest BCUT2D eigenvalue weighted by Crippen LogP contribution is -2.36. The first-order valence-corrected chi connectivity index (χ1v) is 7.49. The average Bonchev–Trinajstić information content (AvgIpc) is 2.91. The van der Waals surface area contributed by atoms with Crippen molar-refractivity contribution in [1.29, 1.82) is 0 Å². The van der Waals surface area contributed by atoms with Crippen molar-refractivity contribution in [1.82, 2.24) is 24.4 Å². The number of aromatic amines is 1. The van der Waals surface area contributed by atoms with Gasteiger partial charge in [-0.2, -0.15) is 0 Å². The Morgan fingerprint density at radius 1 is 1.33 bits per heavy atom. The zero-order valence-corrected chi connectivity index (χ0v) is 12.9. The van der Waals surface area contributed by atoms with E-state index in [1.807, 2.05) is 6.92 Å². The van der Waals surface area contributed by atoms with Gasteiger partial charge in [-0.1, -0.05) is 18.7 Å². The molecule has 21 heavy (non-hydrogen) atoms. The number of nitrogens with one attached hydrogen (secondary N) is 2. The van der Waals surface area contributed by atoms with Crippen LogP contribution in [0.15, 0.2) is 14.7 Å². The van der Waals surface area contributed by atoms with E-state index in [-0.39, 0.29) is 17.2 Å². The summed E-state index contributed by atoms with van der Waals surface area (Å²) in [5.41, 5.74) is -0.310. The SMILES string of the molecule is CCCNC(=O)CSc1nc2c([nH]1)c(=O)n(C)c(=O)n2C. The van der Waals surface area contributed by atoms with Crippen LogP contribution in [0.3, 0.4) is 0 Å². The number of aryl methyl sites for hydroxylation is 1. The standard InChI is InChI=1S/C12H17N5O3S/c1-4-5-13-7(18)6-21-11-14-8-9(15-11)16(2)12(20)17(3)10(8)19/h4-6H2,1-3H3,(H,13,18)(H,14,15). The number of imidazole rings is 1. The summed E-state index contributed by atoms with van der Waals surface area (Å²) in [7, 11) is 2.96. The minimum absolute atomic E-state index is 0.0934. The van der Waals surface area contributed by atoms with E-state index in [1.54, 1.807) is 7.05 Å². The van der Waals surface area contributed by atoms with Gasteiger partial charge in [0.25, 0.3) is 5.56 Å². The third-order valence-corrected chi connectivity index (χ3v) is 3.86. The number of carbonyl (C=O) groups is 1. The van der Waals surface area contributed by atoms with Gasteiger partial charge in [-0.15, -0.1) is 0 Å². The molecule has 114 valence electrons. The Hall–Kier alpha value is -2.03. The van der Waals surface area contributed by atoms with Crippen molar-refractivity contribution in [3.05, 3.63) is 20.8 Å². The molecular formula is C12H17N5O3S. The van der Waals surface area contributed by atoms with Crippen molar-refractivity contribution in [3.8, 4) is 0 Å². The maximum absolute atomic E-state index is 12.0. The van der Waals surface area contributed by atoms with Crippen molar-refractivity contribution in [3.63, 3.8) is 0 Å². The highest BCUT2D eigenvalue weighted by molar-refractivity contribution is 7.99. The average molecular weight is 311 g/mol. The van der Waals surface area contributed by atoms with Crippen LogP contribution in [-0.4, -0.2) is 37.3 Å². The molecule has 0 atom stereocenters. The van der Waals surface area contributed by atoms with Crippen LogP contribution in [0.4, 0.5) is 0 Å². The van der Waals surface area contributed by atoms with Gasteiger partial charge in [0.2, 0.25) is 5.91 Å². The number of rotatable bonds is 5. The van der Waals surface area contributed by atoms with Gasteiger partial charge in [-0.05, 0) is 6.42 Å². The molecule has 0 aromatic carbocycles. The van der Waals surface area contributed by atoms with Gasteiger partial charge in [-0.25, -0.2) is 9.78 Å². The summed E-state index contributed by atoms with van der Waals surface area (Å²) in [6, 6.07) is 0. The molecule has 2 aromatic heterocycles. The molecule has 0 aliphatic heterocycles. The van der Waals surface area contributed by atoms with Crippen molar-refractivity contribution in [2.45, 2.75) is 18.5 Å². The molecule has 0 aliphatic rings. The zero-order valence-electron chi connectivity index (χ0n) is 12.1. The Labute approximate surface area is 124 Å². The number of H-pyrrole nitrogens is 1. The van der Waals surface area contributed by atoms with Crippen LogP contribution >= 0.6 is 11.8 Å². The number of aromatic nitrogens is 4. The molecule has 0 saturated carbocycles. The second-order valence-corrected chi connectivity index (χ2v) is 5.55. The molecule has 0 aliphatic carbocycles. The highest BCUT2D eigenvalue weighted by Gasteiger charge is 2.14. The van der Waals surface area contributed by atoms with Crippen LogP contribution < -0.4 is 16.6 Å². The summed E-state index contributed by atoms with van der Waals surface area (Å²) >= 11 is 1.19. The first kappa shape index (κ1) is 15.4. The summed E-state index contributed by atoms with van der Waals surface area (Å²) in [6.45, 7) is 2.61. The van der Waals surface area contributed by atoms with Crippen LogP contribution in [0.25, 0.3) is 11.2 Å². The van der Waals surface area contributed by atoms with Crippen LogP contribution in [0, 0.1) is 0 Å². The molecule has 1 amide bonds. The molecule has 2 heterocycles. The maximum Gasteiger partial charge on any atom is 0.332 e. The third-order valence-electron chi connectivity index (χ3n) is 2.99. The highest BCUT2D eigenvalue weighted by Crippen LogP contribution is 2.16. The van der Waals surface area contributed by atoms with E-state index in [0.717, 1.165) is 11.0 Å². The van der Waals surface area contributed by atoms with Crippen molar-refractivity contribution in [2.24, 2.45) is 14.1 Å². The minimum atomic E-state index is -0.434. The van der Waals surface area contributed by atoms with E-state index >= 15 is 0 Å². The topological polar surface area (TPSA) is 102 Å². The molecule has 2 N–H and O–H groups in total. The largest absolute Gasteiger partial charge is 0.355 e. The first-order valence-electron chi connectivity index (χ1n) is 6.51. The van der Waals surface area contributed by atoms with E-state index in [2.05, 4.69) is 15.3 Å². The van der Waals surface area contributed by atoms with E-state index in [4.69, 9.17) is 0 Å². The van der Waals surface area contributed by atoms with Gasteiger partial charge in [0.15, 0.2) is 16.3 Å². The lowest BCUT2D eigenvalue weighted by Gasteiger charge is -2.01. The number of hydrogen-bond acceptors (Lipinski definition) is 5. The molecule has 0 bridgehead atoms. The summed E-state index contributed by atoms with van der Waals surface area (Å²) in [5.74, 6) is 0.109. The molecule has 2 aromatic rings. The molecule has 0 fully saturated rings. The molecule has 0 spiro atoms. The fraction of sp³-hybridized carbons (Fsp3) is 0.500. The smallest absolute Gasteiger partial charge is 0.332 e. The van der Waals surface area contributed by atoms with Crippen molar-refractivity contribution in [2.75, 3.05) is 12.3 Å². The molecular weight excluding hydrogens is 294 g/mol. The van der Waals surface area contributed by atoms with Crippen molar-refractivity contribution >= 4 is 28.8 Å². The van der Waals surface area contributed by atoms with Gasteiger partial charge in [0.05, 0.1) is 5.75 Å². The van der Waals surface area contributed by atoms with E-state index in [1.165, 1.54) is 23.4 Å². The number of thioether (sulfide) groups is 1. The molecule has 0 unspecified atom stereocenters. The van der Waals surface area contributed by atoms with Crippen LogP contribution in [0.1, 0.15) is 13.3 Å². The van der Waals surface area contributed by atoms with E-state index < -0.39 is 11.2 Å². The van der Waals surface area contributed by atoms with Gasteiger partial charge in [0.1, 0.15) is 0 Å². The van der Waals surface area contributed by atoms with Gasteiger partial charge < -0.3 is 10.3 Å². The summed E-state index contributed by atoms with van der Waals surface area (Å²) < 4.78 is 2.32. The highest BCUT2D eigenvalue weighted by atomic mass is 32.2. The first-order chi connectivity index (χ1) is 9.95. The molecule has 9 heteroatoms. The second-order valence-electron chi connectivity index (χ2n) is 4.58. The number of carbonyl (C=O) groups excluding carboxylic acids is 1. The van der Waals surface area contributed by atoms with Gasteiger partial charge in [-0.3, -0.25) is 18.7 Å². The molecule has 8 nitrogen and oxygen atoms in total. The van der Waals surface area contributed by atoms with Crippen LogP contribution in [-0.2, 0) is 18.9 Å². The number of fused-ring (bicyclic) bond motifs is 1. The lowest BCUT2D eigenvalue weighted by atomic mass is 10.5. The number of nitrogens with zero attached hydrogens (tertiary/aromatic N) is 3. The van der Waals surface area contributed by atoms with Gasteiger partial charge >= 0.3 is 5.69 Å². The summed E-state index contributed by atoms with van der Waals surface area (Å²) in [5, 5.41) is 3.19. The predicted octanol–water partition coefficient (Wildman–Crippen LogP) is -0.421. The molecule has 0 saturated heterocycles. The molecule has 2 rings (SSSR count). The summed E-state index contributed by atoms with van der Waals surface area (Å²) in [4.78, 5) is 42.4. The number of hydrogen-bond donors (Lipinski definition) is 2. The quantitative estimate of drug-likeness (QED) is 0.730. The zero-order chi connectivity index (χ0) is 15.6. The fourth-order valence-electron chi connectivity index (χ4n) is 1.82. The van der Waals surface area contributed by atoms with Crippen LogP contribution in [0.5, 0.6) is 0 Å². The number of amides is 1. The third kappa shape index (κ3) is 3.02.